The molecule has 1 spiro atoms. The molecule has 0 aliphatic carbocycles. The van der Waals surface area contributed by atoms with E-state index in [2.05, 4.69) is 5.32 Å². The van der Waals surface area contributed by atoms with E-state index in [9.17, 15) is 19.5 Å². The Labute approximate surface area is 162 Å². The molecule has 3 aliphatic heterocycles. The first kappa shape index (κ1) is 18.4. The molecule has 5 atom stereocenters. The van der Waals surface area contributed by atoms with Gasteiger partial charge in [-0.1, -0.05) is 31.0 Å². The lowest BCUT2D eigenvalue weighted by Gasteiger charge is -2.27. The summed E-state index contributed by atoms with van der Waals surface area (Å²) in [7, 11) is 0. The van der Waals surface area contributed by atoms with Gasteiger partial charge in [-0.2, -0.15) is 0 Å². The lowest BCUT2D eigenvalue weighted by atomic mass is 9.76. The molecule has 3 aliphatic rings. The number of carbonyl (C=O) groups is 3. The number of benzene rings is 1. The van der Waals surface area contributed by atoms with Crippen molar-refractivity contribution in [1.29, 1.82) is 0 Å². The minimum atomic E-state index is -1.28. The Morgan fingerprint density at radius 3 is 2.74 bits per heavy atom. The van der Waals surface area contributed by atoms with E-state index >= 15 is 0 Å². The average Bonchev–Trinajstić information content (AvgIpc) is 3.21. The van der Waals surface area contributed by atoms with Crippen LogP contribution in [0.25, 0.3) is 0 Å². The zero-order valence-corrected chi connectivity index (χ0v) is 16.0. The molecule has 1 aromatic carbocycles. The second-order valence-electron chi connectivity index (χ2n) is 7.66. The summed E-state index contributed by atoms with van der Waals surface area (Å²) in [5, 5.41) is 15.2. The van der Waals surface area contributed by atoms with E-state index in [4.69, 9.17) is 11.6 Å². The Bertz CT molecular complexity index is 842. The van der Waals surface area contributed by atoms with E-state index in [1.54, 1.807) is 30.4 Å². The second-order valence-corrected chi connectivity index (χ2v) is 8.06. The molecule has 27 heavy (non-hydrogen) atoms. The lowest BCUT2D eigenvalue weighted by Crippen LogP contribution is -3.00. The Hall–Kier alpha value is -1.96. The van der Waals surface area contributed by atoms with Gasteiger partial charge in [-0.15, -0.1) is 0 Å². The highest BCUT2D eigenvalue weighted by Gasteiger charge is 2.74. The Morgan fingerprint density at radius 2 is 2.07 bits per heavy atom. The zero-order valence-electron chi connectivity index (χ0n) is 15.2. The van der Waals surface area contributed by atoms with Gasteiger partial charge in [0.05, 0.1) is 10.7 Å². The van der Waals surface area contributed by atoms with Crippen LogP contribution < -0.4 is 10.6 Å². The molecule has 144 valence electrons. The number of nitrogens with one attached hydrogen (secondary N) is 1. The Kier molecular flexibility index (Phi) is 4.29. The monoisotopic (exact) mass is 392 g/mol. The summed E-state index contributed by atoms with van der Waals surface area (Å²) in [5.74, 6) is -2.56. The zero-order chi connectivity index (χ0) is 19.5. The summed E-state index contributed by atoms with van der Waals surface area (Å²) in [6, 6.07) is 4.60. The topological polar surface area (TPSA) is 103 Å². The van der Waals surface area contributed by atoms with Gasteiger partial charge in [-0.05, 0) is 25.5 Å². The Balaban J connectivity index is 1.87. The number of nitrogens with two attached hydrogens (primary N) is 1. The number of para-hydroxylation sites is 1. The molecule has 1 aromatic rings. The number of fused-ring (bicyclic) bond motifs is 4. The Morgan fingerprint density at radius 1 is 1.33 bits per heavy atom. The minimum Gasteiger partial charge on any atom is -0.387 e. The van der Waals surface area contributed by atoms with E-state index in [-0.39, 0.29) is 17.7 Å². The first-order valence-electron chi connectivity index (χ1n) is 9.34. The van der Waals surface area contributed by atoms with E-state index < -0.39 is 29.5 Å². The highest BCUT2D eigenvalue weighted by Crippen LogP contribution is 2.50. The summed E-state index contributed by atoms with van der Waals surface area (Å²) in [6.45, 7) is 3.92. The third-order valence-corrected chi connectivity index (χ3v) is 6.48. The lowest BCUT2D eigenvalue weighted by molar-refractivity contribution is -0.738. The van der Waals surface area contributed by atoms with Gasteiger partial charge in [-0.3, -0.25) is 19.3 Å². The van der Waals surface area contributed by atoms with Crippen LogP contribution in [0.1, 0.15) is 32.3 Å². The van der Waals surface area contributed by atoms with Gasteiger partial charge < -0.3 is 15.7 Å². The molecule has 3 heterocycles. The number of halogens is 1. The van der Waals surface area contributed by atoms with Crippen molar-refractivity contribution in [3.8, 4) is 0 Å². The highest BCUT2D eigenvalue weighted by atomic mass is 35.5. The molecule has 0 bridgehead atoms. The third-order valence-electron chi connectivity index (χ3n) is 6.17. The number of carbonyl (C=O) groups excluding carboxylic acids is 3. The van der Waals surface area contributed by atoms with Crippen molar-refractivity contribution in [2.45, 2.75) is 44.4 Å². The van der Waals surface area contributed by atoms with Crippen molar-refractivity contribution < 1.29 is 24.8 Å². The number of unbranched alkanes of at least 4 members (excludes halogenated alkanes) is 1. The fourth-order valence-electron chi connectivity index (χ4n) is 4.91. The van der Waals surface area contributed by atoms with Gasteiger partial charge in [0.15, 0.2) is 0 Å². The number of likely N-dealkylation sites (tertiary alicyclic amines) is 1. The van der Waals surface area contributed by atoms with Crippen LogP contribution in [0.15, 0.2) is 18.2 Å². The number of quaternary nitrogens is 1. The molecule has 2 fully saturated rings. The van der Waals surface area contributed by atoms with Crippen molar-refractivity contribution in [3.63, 3.8) is 0 Å². The van der Waals surface area contributed by atoms with Crippen LogP contribution >= 0.6 is 11.6 Å². The normalized spacial score (nSPS) is 32.8. The van der Waals surface area contributed by atoms with Crippen LogP contribution in [0, 0.1) is 11.8 Å². The van der Waals surface area contributed by atoms with E-state index in [0.29, 0.717) is 29.2 Å². The highest BCUT2D eigenvalue weighted by molar-refractivity contribution is 6.35. The molecule has 0 saturated carbocycles. The molecule has 8 heteroatoms. The number of aliphatic hydroxyl groups excluding tert-OH is 1. The molecule has 0 unspecified atom stereocenters. The number of hydrogen-bond donors (Lipinski definition) is 3. The van der Waals surface area contributed by atoms with Crippen LogP contribution in [0.2, 0.25) is 5.02 Å². The van der Waals surface area contributed by atoms with Crippen molar-refractivity contribution in [2.75, 3.05) is 11.9 Å². The van der Waals surface area contributed by atoms with Crippen LogP contribution in [-0.2, 0) is 19.9 Å². The number of nitrogens with zero attached hydrogens (tertiary/aromatic N) is 1. The molecule has 0 aromatic heterocycles. The van der Waals surface area contributed by atoms with Crippen LogP contribution in [0.5, 0.6) is 0 Å². The molecule has 7 nitrogen and oxygen atoms in total. The van der Waals surface area contributed by atoms with Crippen LogP contribution in [-0.4, -0.2) is 46.4 Å². The van der Waals surface area contributed by atoms with E-state index in [0.717, 1.165) is 6.42 Å². The molecule has 2 saturated heterocycles. The predicted octanol–water partition coefficient (Wildman–Crippen LogP) is 0.215. The standard InChI is InChI=1S/C19H22ClN3O4/c1-3-4-8-23-16(25)12-13(17(23)26)19(22-14(12)9(2)24)10-6-5-7-11(20)15(10)21-18(19)27/h5-7,9,12-14,22,24H,3-4,8H2,1-2H3,(H,21,27)/p+1/t9-,12+,13+,14-,19+/m1/s1. The van der Waals surface area contributed by atoms with Gasteiger partial charge in [-0.25, -0.2) is 0 Å². The van der Waals surface area contributed by atoms with Crippen molar-refractivity contribution in [2.24, 2.45) is 11.8 Å². The fraction of sp³-hybridized carbons (Fsp3) is 0.526. The first-order valence-corrected chi connectivity index (χ1v) is 9.72. The van der Waals surface area contributed by atoms with Gasteiger partial charge in [0.2, 0.25) is 17.4 Å². The van der Waals surface area contributed by atoms with Gasteiger partial charge in [0.1, 0.15) is 24.0 Å². The second kappa shape index (κ2) is 6.29. The predicted molar refractivity (Wildman–Crippen MR) is 97.8 cm³/mol. The largest absolute Gasteiger partial charge is 0.387 e. The first-order chi connectivity index (χ1) is 12.8. The molecule has 3 amide bonds. The molecular weight excluding hydrogens is 370 g/mol. The summed E-state index contributed by atoms with van der Waals surface area (Å²) in [6.07, 6.45) is 0.708. The number of anilines is 1. The number of amides is 3. The van der Waals surface area contributed by atoms with Gasteiger partial charge in [0, 0.05) is 12.1 Å². The summed E-state index contributed by atoms with van der Waals surface area (Å²) in [4.78, 5) is 40.7. The summed E-state index contributed by atoms with van der Waals surface area (Å²) < 4.78 is 0. The minimum absolute atomic E-state index is 0.291. The smallest absolute Gasteiger partial charge is 0.291 e. The van der Waals surface area contributed by atoms with Crippen LogP contribution in [0.3, 0.4) is 0 Å². The fourth-order valence-corrected chi connectivity index (χ4v) is 5.14. The SMILES string of the molecule is CCCCN1C(=O)[C@@H]2[C@@H]([C@@H](C)O)[NH2+][C@]3(C(=O)Nc4c(Cl)cccc43)[C@@H]2C1=O. The van der Waals surface area contributed by atoms with Crippen LogP contribution in [0.4, 0.5) is 5.69 Å². The molecule has 0 radical (unpaired) electrons. The van der Waals surface area contributed by atoms with Crippen molar-refractivity contribution >= 4 is 35.0 Å². The quantitative estimate of drug-likeness (QED) is 0.637. The van der Waals surface area contributed by atoms with Gasteiger partial charge >= 0.3 is 0 Å². The van der Waals surface area contributed by atoms with E-state index in [1.807, 2.05) is 6.92 Å². The molecule has 4 rings (SSSR count). The number of imide groups is 1. The maximum Gasteiger partial charge on any atom is 0.291 e. The van der Waals surface area contributed by atoms with Crippen molar-refractivity contribution in [3.05, 3.63) is 28.8 Å². The molecular formula is C19H23ClN3O4+. The van der Waals surface area contributed by atoms with E-state index in [1.165, 1.54) is 4.90 Å². The molecule has 4 N–H and O–H groups in total. The summed E-state index contributed by atoms with van der Waals surface area (Å²) >= 11 is 6.26. The number of aliphatic hydroxyl groups is 1. The average molecular weight is 393 g/mol. The van der Waals surface area contributed by atoms with Gasteiger partial charge in [0.25, 0.3) is 5.91 Å². The number of hydrogen-bond acceptors (Lipinski definition) is 4. The van der Waals surface area contributed by atoms with Crippen molar-refractivity contribution in [1.82, 2.24) is 4.90 Å². The third kappa shape index (κ3) is 2.31. The number of rotatable bonds is 4. The maximum atomic E-state index is 13.3. The maximum absolute atomic E-state index is 13.3. The summed E-state index contributed by atoms with van der Waals surface area (Å²) in [5.41, 5.74) is -0.186.